The van der Waals surface area contributed by atoms with Crippen LogP contribution in [0.4, 0.5) is 0 Å². The monoisotopic (exact) mass is 949 g/mol. The second-order valence-corrected chi connectivity index (χ2v) is 19.2. The predicted molar refractivity (Wildman–Crippen MR) is 293 cm³/mol. The number of carbonyl (C=O) groups is 3. The van der Waals surface area contributed by atoms with E-state index in [0.717, 1.165) is 109 Å². The number of rotatable bonds is 52. The van der Waals surface area contributed by atoms with Crippen LogP contribution in [0.2, 0.25) is 0 Å². The number of unbranched alkanes of at least 4 members (excludes halogenated alkanes) is 29. The molecule has 392 valence electrons. The van der Waals surface area contributed by atoms with Gasteiger partial charge >= 0.3 is 17.9 Å². The molecule has 0 aliphatic carbocycles. The second kappa shape index (κ2) is 56.4. The molecule has 1 unspecified atom stereocenters. The highest BCUT2D eigenvalue weighted by molar-refractivity contribution is 5.71. The van der Waals surface area contributed by atoms with Crippen LogP contribution in [0.1, 0.15) is 284 Å². The number of esters is 3. The van der Waals surface area contributed by atoms with Crippen LogP contribution in [0, 0.1) is 0 Å². The fraction of sp³-hybridized carbons (Fsp3) is 0.758. The summed E-state index contributed by atoms with van der Waals surface area (Å²) in [4.78, 5) is 38.2. The van der Waals surface area contributed by atoms with E-state index in [1.54, 1.807) is 0 Å². The Kier molecular flexibility index (Phi) is 53.8. The lowest BCUT2D eigenvalue weighted by Crippen LogP contribution is -2.30. The summed E-state index contributed by atoms with van der Waals surface area (Å²) in [5.41, 5.74) is 0. The molecule has 0 fully saturated rings. The Hall–Kier alpha value is -3.15. The SMILES string of the molecule is CCC/C=C\C/C=C\CCCCCCCC(=O)OCC(COC(=O)CCCCCCCCCCC/C=C\C/C=C\CCCCC)OC(=O)CCCCCCCCC/C=C\C/C=C\CCCCCC. The molecule has 6 heteroatoms. The first-order valence-corrected chi connectivity index (χ1v) is 28.9. The molecule has 68 heavy (non-hydrogen) atoms. The first kappa shape index (κ1) is 64.8. The molecule has 0 aromatic heterocycles. The second-order valence-electron chi connectivity index (χ2n) is 19.2. The van der Waals surface area contributed by atoms with Crippen molar-refractivity contribution in [1.29, 1.82) is 0 Å². The minimum Gasteiger partial charge on any atom is -0.462 e. The topological polar surface area (TPSA) is 78.9 Å². The van der Waals surface area contributed by atoms with Crippen LogP contribution in [0.3, 0.4) is 0 Å². The first-order chi connectivity index (χ1) is 33.5. The zero-order valence-corrected chi connectivity index (χ0v) is 44.9. The molecular formula is C62H108O6. The van der Waals surface area contributed by atoms with Gasteiger partial charge in [0.25, 0.3) is 0 Å². The van der Waals surface area contributed by atoms with Crippen molar-refractivity contribution < 1.29 is 28.6 Å². The van der Waals surface area contributed by atoms with E-state index in [4.69, 9.17) is 14.2 Å². The lowest BCUT2D eigenvalue weighted by atomic mass is 10.1. The van der Waals surface area contributed by atoms with Gasteiger partial charge in [0.2, 0.25) is 0 Å². The molecule has 0 N–H and O–H groups in total. The molecule has 0 aliphatic heterocycles. The van der Waals surface area contributed by atoms with Gasteiger partial charge in [-0.2, -0.15) is 0 Å². The van der Waals surface area contributed by atoms with Gasteiger partial charge in [-0.1, -0.05) is 229 Å². The summed E-state index contributed by atoms with van der Waals surface area (Å²) in [7, 11) is 0. The Bertz CT molecular complexity index is 1270. The minimum atomic E-state index is -0.788. The maximum absolute atomic E-state index is 12.9. The van der Waals surface area contributed by atoms with Crippen molar-refractivity contribution in [1.82, 2.24) is 0 Å². The molecule has 0 aromatic carbocycles. The lowest BCUT2D eigenvalue weighted by Gasteiger charge is -2.18. The van der Waals surface area contributed by atoms with Gasteiger partial charge in [-0.25, -0.2) is 0 Å². The number of hydrogen-bond acceptors (Lipinski definition) is 6. The Labute approximate surface area is 421 Å². The molecular weight excluding hydrogens is 841 g/mol. The lowest BCUT2D eigenvalue weighted by molar-refractivity contribution is -0.167. The number of carbonyl (C=O) groups excluding carboxylic acids is 3. The molecule has 0 saturated carbocycles. The van der Waals surface area contributed by atoms with Crippen molar-refractivity contribution in [2.24, 2.45) is 0 Å². The minimum absolute atomic E-state index is 0.0850. The van der Waals surface area contributed by atoms with E-state index in [1.807, 2.05) is 0 Å². The predicted octanol–water partition coefficient (Wildman–Crippen LogP) is 19.4. The quantitative estimate of drug-likeness (QED) is 0.0262. The van der Waals surface area contributed by atoms with Crippen LogP contribution in [0.5, 0.6) is 0 Å². The molecule has 0 aromatic rings. The van der Waals surface area contributed by atoms with Crippen molar-refractivity contribution in [2.75, 3.05) is 13.2 Å². The third kappa shape index (κ3) is 53.8. The number of allylic oxidation sites excluding steroid dienone is 12. The molecule has 0 radical (unpaired) electrons. The van der Waals surface area contributed by atoms with Gasteiger partial charge in [-0.3, -0.25) is 14.4 Å². The Morgan fingerprint density at radius 1 is 0.294 bits per heavy atom. The number of hydrogen-bond donors (Lipinski definition) is 0. The molecule has 0 bridgehead atoms. The fourth-order valence-corrected chi connectivity index (χ4v) is 8.01. The zero-order chi connectivity index (χ0) is 49.3. The van der Waals surface area contributed by atoms with Crippen LogP contribution < -0.4 is 0 Å². The van der Waals surface area contributed by atoms with Crippen LogP contribution in [-0.4, -0.2) is 37.2 Å². The van der Waals surface area contributed by atoms with Gasteiger partial charge in [0, 0.05) is 19.3 Å². The molecule has 0 heterocycles. The normalized spacial score (nSPS) is 12.6. The van der Waals surface area contributed by atoms with Gasteiger partial charge in [0.1, 0.15) is 13.2 Å². The summed E-state index contributed by atoms with van der Waals surface area (Å²) in [6.45, 7) is 6.53. The molecule has 1 atom stereocenters. The van der Waals surface area contributed by atoms with Crippen molar-refractivity contribution in [2.45, 2.75) is 290 Å². The van der Waals surface area contributed by atoms with E-state index in [1.165, 1.54) is 135 Å². The van der Waals surface area contributed by atoms with E-state index in [2.05, 4.69) is 93.7 Å². The molecule has 0 spiro atoms. The van der Waals surface area contributed by atoms with E-state index in [9.17, 15) is 14.4 Å². The van der Waals surface area contributed by atoms with E-state index in [-0.39, 0.29) is 31.1 Å². The fourth-order valence-electron chi connectivity index (χ4n) is 8.01. The molecule has 0 saturated heterocycles. The third-order valence-electron chi connectivity index (χ3n) is 12.4. The number of ether oxygens (including phenoxy) is 3. The van der Waals surface area contributed by atoms with Crippen LogP contribution in [-0.2, 0) is 28.6 Å². The van der Waals surface area contributed by atoms with Gasteiger partial charge in [0.05, 0.1) is 0 Å². The van der Waals surface area contributed by atoms with Gasteiger partial charge in [0.15, 0.2) is 6.10 Å². The summed E-state index contributed by atoms with van der Waals surface area (Å²) in [5, 5.41) is 0. The highest BCUT2D eigenvalue weighted by Gasteiger charge is 2.19. The molecule has 0 aliphatic rings. The molecule has 0 amide bonds. The smallest absolute Gasteiger partial charge is 0.306 e. The van der Waals surface area contributed by atoms with Crippen LogP contribution >= 0.6 is 0 Å². The van der Waals surface area contributed by atoms with Crippen molar-refractivity contribution >= 4 is 17.9 Å². The summed E-state index contributed by atoms with van der Waals surface area (Å²) in [5.74, 6) is -0.904. The molecule has 0 rings (SSSR count). The van der Waals surface area contributed by atoms with E-state index < -0.39 is 6.10 Å². The zero-order valence-electron chi connectivity index (χ0n) is 44.9. The van der Waals surface area contributed by atoms with Crippen molar-refractivity contribution in [3.63, 3.8) is 0 Å². The van der Waals surface area contributed by atoms with Gasteiger partial charge in [-0.05, 0) is 109 Å². The van der Waals surface area contributed by atoms with Crippen LogP contribution in [0.15, 0.2) is 72.9 Å². The van der Waals surface area contributed by atoms with E-state index >= 15 is 0 Å². The largest absolute Gasteiger partial charge is 0.462 e. The Morgan fingerprint density at radius 2 is 0.559 bits per heavy atom. The highest BCUT2D eigenvalue weighted by Crippen LogP contribution is 2.15. The summed E-state index contributed by atoms with van der Waals surface area (Å²) in [6, 6.07) is 0. The van der Waals surface area contributed by atoms with Gasteiger partial charge in [-0.15, -0.1) is 0 Å². The first-order valence-electron chi connectivity index (χ1n) is 28.9. The third-order valence-corrected chi connectivity index (χ3v) is 12.4. The maximum Gasteiger partial charge on any atom is 0.306 e. The summed E-state index contributed by atoms with van der Waals surface area (Å²) < 4.78 is 16.9. The molecule has 6 nitrogen and oxygen atoms in total. The summed E-state index contributed by atoms with van der Waals surface area (Å²) >= 11 is 0. The van der Waals surface area contributed by atoms with E-state index in [0.29, 0.717) is 19.3 Å². The van der Waals surface area contributed by atoms with Crippen molar-refractivity contribution in [3.05, 3.63) is 72.9 Å². The average molecular weight is 950 g/mol. The Balaban J connectivity index is 4.39. The van der Waals surface area contributed by atoms with Crippen LogP contribution in [0.25, 0.3) is 0 Å². The Morgan fingerprint density at radius 3 is 0.897 bits per heavy atom. The standard InChI is InChI=1S/C62H108O6/c1-4-7-10-13-16-19-22-25-27-29-31-33-34-37-40-43-46-49-52-55-61(64)67-58-59(57-66-60(63)54-51-48-45-42-39-36-24-21-18-15-12-9-6-3)68-62(65)56-53-50-47-44-41-38-35-32-30-28-26-23-20-17-14-11-8-5-2/h12,15-16,19-21,23-25,27-28,30,59H,4-11,13-14,17-18,22,26,29,31-58H2,1-3H3/b15-12-,19-16-,23-20-,24-21-,27-25-,30-28-. The van der Waals surface area contributed by atoms with Gasteiger partial charge < -0.3 is 14.2 Å². The highest BCUT2D eigenvalue weighted by atomic mass is 16.6. The summed E-state index contributed by atoms with van der Waals surface area (Å²) in [6.07, 6.45) is 71.7. The average Bonchev–Trinajstić information content (AvgIpc) is 3.34. The maximum atomic E-state index is 12.9. The van der Waals surface area contributed by atoms with Crippen molar-refractivity contribution in [3.8, 4) is 0 Å².